The first-order valence-electron chi connectivity index (χ1n) is 8.05. The molecule has 2 aliphatic heterocycles. The van der Waals surface area contributed by atoms with Gasteiger partial charge in [0.15, 0.2) is 0 Å². The third-order valence-corrected chi connectivity index (χ3v) is 5.78. The minimum atomic E-state index is -0.0226. The number of hydrogen-bond donors (Lipinski definition) is 0. The van der Waals surface area contributed by atoms with Crippen molar-refractivity contribution in [3.05, 3.63) is 16.6 Å². The van der Waals surface area contributed by atoms with E-state index in [4.69, 9.17) is 4.74 Å². The van der Waals surface area contributed by atoms with Crippen LogP contribution in [0.3, 0.4) is 0 Å². The van der Waals surface area contributed by atoms with E-state index in [0.717, 1.165) is 51.9 Å². The molecule has 1 aromatic rings. The van der Waals surface area contributed by atoms with Crippen LogP contribution in [0.4, 0.5) is 0 Å². The Labute approximate surface area is 136 Å². The van der Waals surface area contributed by atoms with Crippen molar-refractivity contribution >= 4 is 17.2 Å². The third-order valence-electron chi connectivity index (χ3n) is 5.15. The number of likely N-dealkylation sites (tertiary alicyclic amines) is 1. The van der Waals surface area contributed by atoms with Crippen LogP contribution in [0.5, 0.6) is 0 Å². The topological polar surface area (TPSA) is 45.7 Å². The van der Waals surface area contributed by atoms with Crippen LogP contribution in [0.2, 0.25) is 0 Å². The summed E-state index contributed by atoms with van der Waals surface area (Å²) < 4.78 is 6.17. The summed E-state index contributed by atoms with van der Waals surface area (Å²) in [5, 5.41) is 2.12. The molecule has 3 rings (SSSR count). The van der Waals surface area contributed by atoms with Crippen molar-refractivity contribution in [2.45, 2.75) is 50.8 Å². The Balaban J connectivity index is 1.56. The number of rotatable bonds is 3. The molecule has 122 valence electrons. The molecule has 2 fully saturated rings. The Hall–Kier alpha value is -0.980. The summed E-state index contributed by atoms with van der Waals surface area (Å²) in [4.78, 5) is 20.3. The molecule has 3 heterocycles. The molecule has 0 N–H and O–H groups in total. The molecule has 2 saturated heterocycles. The van der Waals surface area contributed by atoms with E-state index in [0.29, 0.717) is 6.04 Å². The lowest BCUT2D eigenvalue weighted by atomic mass is 9.82. The Kier molecular flexibility index (Phi) is 4.80. The molecule has 1 atom stereocenters. The highest BCUT2D eigenvalue weighted by atomic mass is 32.1. The summed E-state index contributed by atoms with van der Waals surface area (Å²) in [6.07, 6.45) is 4.05. The summed E-state index contributed by atoms with van der Waals surface area (Å²) in [7, 11) is 1.92. The van der Waals surface area contributed by atoms with E-state index in [1.54, 1.807) is 18.3 Å². The van der Waals surface area contributed by atoms with Crippen LogP contribution in [-0.2, 0) is 16.1 Å². The van der Waals surface area contributed by atoms with E-state index in [9.17, 15) is 4.79 Å². The van der Waals surface area contributed by atoms with Crippen molar-refractivity contribution in [2.24, 2.45) is 0 Å². The van der Waals surface area contributed by atoms with Gasteiger partial charge >= 0.3 is 0 Å². The largest absolute Gasteiger partial charge is 0.375 e. The Morgan fingerprint density at radius 2 is 2.32 bits per heavy atom. The molecule has 6 heteroatoms. The maximum Gasteiger partial charge on any atom is 0.219 e. The van der Waals surface area contributed by atoms with Gasteiger partial charge in [-0.25, -0.2) is 4.98 Å². The maximum absolute atomic E-state index is 11.6. The minimum absolute atomic E-state index is 0.0226. The highest BCUT2D eigenvalue weighted by Gasteiger charge is 2.41. The number of ether oxygens (including phenoxy) is 1. The zero-order valence-electron chi connectivity index (χ0n) is 13.5. The number of carbonyl (C=O) groups excluding carboxylic acids is 1. The molecular formula is C16H25N3O2S. The normalized spacial score (nSPS) is 25.3. The van der Waals surface area contributed by atoms with Gasteiger partial charge in [-0.15, -0.1) is 11.3 Å². The standard InChI is InChI=1S/C16H25N3O2S/c1-13(20)18(2)15-3-8-21-16(9-15)4-6-19(7-5-16)10-14-11-22-12-17-14/h11-12,15H,3-10H2,1-2H3. The number of carbonyl (C=O) groups is 1. The van der Waals surface area contributed by atoms with Crippen molar-refractivity contribution < 1.29 is 9.53 Å². The van der Waals surface area contributed by atoms with Crippen LogP contribution in [0.25, 0.3) is 0 Å². The van der Waals surface area contributed by atoms with Crippen molar-refractivity contribution in [1.82, 2.24) is 14.8 Å². The molecule has 0 saturated carbocycles. The highest BCUT2D eigenvalue weighted by molar-refractivity contribution is 7.07. The van der Waals surface area contributed by atoms with Crippen LogP contribution >= 0.6 is 11.3 Å². The molecule has 0 aromatic carbocycles. The summed E-state index contributed by atoms with van der Waals surface area (Å²) in [5.41, 5.74) is 3.04. The Bertz CT molecular complexity index is 497. The van der Waals surface area contributed by atoms with Crippen molar-refractivity contribution in [3.8, 4) is 0 Å². The van der Waals surface area contributed by atoms with Crippen LogP contribution < -0.4 is 0 Å². The Morgan fingerprint density at radius 3 is 2.95 bits per heavy atom. The highest BCUT2D eigenvalue weighted by Crippen LogP contribution is 2.36. The average Bonchev–Trinajstić information content (AvgIpc) is 3.02. The van der Waals surface area contributed by atoms with Crippen LogP contribution in [-0.4, -0.2) is 59.1 Å². The molecule has 1 aromatic heterocycles. The molecule has 0 radical (unpaired) electrons. The zero-order chi connectivity index (χ0) is 15.6. The van der Waals surface area contributed by atoms with Gasteiger partial charge in [0.25, 0.3) is 0 Å². The van der Waals surface area contributed by atoms with Gasteiger partial charge in [0.1, 0.15) is 0 Å². The fraction of sp³-hybridized carbons (Fsp3) is 0.750. The maximum atomic E-state index is 11.6. The van der Waals surface area contributed by atoms with Gasteiger partial charge in [-0.2, -0.15) is 0 Å². The summed E-state index contributed by atoms with van der Waals surface area (Å²) in [5.74, 6) is 0.156. The van der Waals surface area contributed by atoms with Gasteiger partial charge < -0.3 is 9.64 Å². The molecule has 5 nitrogen and oxygen atoms in total. The van der Waals surface area contributed by atoms with Gasteiger partial charge in [-0.05, 0) is 25.7 Å². The molecule has 1 amide bonds. The van der Waals surface area contributed by atoms with E-state index in [1.807, 2.05) is 17.5 Å². The van der Waals surface area contributed by atoms with Gasteiger partial charge in [0.2, 0.25) is 5.91 Å². The first kappa shape index (κ1) is 15.9. The smallest absolute Gasteiger partial charge is 0.219 e. The second-order valence-corrected chi connectivity index (χ2v) is 7.28. The van der Waals surface area contributed by atoms with Crippen LogP contribution in [0, 0.1) is 0 Å². The first-order chi connectivity index (χ1) is 10.6. The fourth-order valence-corrected chi connectivity index (χ4v) is 4.15. The summed E-state index contributed by atoms with van der Waals surface area (Å²) in [6.45, 7) is 5.46. The van der Waals surface area contributed by atoms with Crippen LogP contribution in [0.15, 0.2) is 10.9 Å². The quantitative estimate of drug-likeness (QED) is 0.855. The predicted molar refractivity (Wildman–Crippen MR) is 86.8 cm³/mol. The second kappa shape index (κ2) is 6.64. The van der Waals surface area contributed by atoms with E-state index in [2.05, 4.69) is 15.3 Å². The number of amides is 1. The van der Waals surface area contributed by atoms with Crippen molar-refractivity contribution in [1.29, 1.82) is 0 Å². The molecular weight excluding hydrogens is 298 g/mol. The lowest BCUT2D eigenvalue weighted by molar-refractivity contribution is -0.147. The predicted octanol–water partition coefficient (Wildman–Crippen LogP) is 2.13. The minimum Gasteiger partial charge on any atom is -0.375 e. The lowest BCUT2D eigenvalue weighted by Gasteiger charge is -2.47. The Morgan fingerprint density at radius 1 is 1.55 bits per heavy atom. The van der Waals surface area contributed by atoms with Crippen molar-refractivity contribution in [3.63, 3.8) is 0 Å². The number of aromatic nitrogens is 1. The summed E-state index contributed by atoms with van der Waals surface area (Å²) >= 11 is 1.66. The van der Waals surface area contributed by atoms with Gasteiger partial charge in [-0.3, -0.25) is 9.69 Å². The van der Waals surface area contributed by atoms with Gasteiger partial charge in [-0.1, -0.05) is 0 Å². The number of piperidine rings is 1. The SMILES string of the molecule is CC(=O)N(C)C1CCOC2(CCN(Cc3cscn3)CC2)C1. The van der Waals surface area contributed by atoms with E-state index < -0.39 is 0 Å². The number of nitrogens with zero attached hydrogens (tertiary/aromatic N) is 3. The molecule has 0 bridgehead atoms. The first-order valence-corrected chi connectivity index (χ1v) is 8.99. The number of hydrogen-bond acceptors (Lipinski definition) is 5. The van der Waals surface area contributed by atoms with E-state index >= 15 is 0 Å². The molecule has 0 aliphatic carbocycles. The van der Waals surface area contributed by atoms with Crippen molar-refractivity contribution in [2.75, 3.05) is 26.7 Å². The molecule has 1 unspecified atom stereocenters. The molecule has 2 aliphatic rings. The fourth-order valence-electron chi connectivity index (χ4n) is 3.60. The lowest BCUT2D eigenvalue weighted by Crippen LogP contribution is -2.53. The number of thiazole rings is 1. The summed E-state index contributed by atoms with van der Waals surface area (Å²) in [6, 6.07) is 0.330. The van der Waals surface area contributed by atoms with E-state index in [1.165, 1.54) is 5.69 Å². The van der Waals surface area contributed by atoms with Gasteiger partial charge in [0, 0.05) is 51.6 Å². The second-order valence-electron chi connectivity index (χ2n) is 6.56. The monoisotopic (exact) mass is 323 g/mol. The van der Waals surface area contributed by atoms with Crippen LogP contribution in [0.1, 0.15) is 38.3 Å². The zero-order valence-corrected chi connectivity index (χ0v) is 14.3. The third kappa shape index (κ3) is 3.50. The average molecular weight is 323 g/mol. The molecule has 22 heavy (non-hydrogen) atoms. The van der Waals surface area contributed by atoms with Gasteiger partial charge in [0.05, 0.1) is 16.8 Å². The molecule has 1 spiro atoms. The van der Waals surface area contributed by atoms with E-state index in [-0.39, 0.29) is 11.5 Å².